The number of ether oxygens (including phenoxy) is 1. The van der Waals surface area contributed by atoms with Crippen LogP contribution in [0.4, 0.5) is 5.82 Å². The molecule has 2 heterocycles. The Labute approximate surface area is 125 Å². The van der Waals surface area contributed by atoms with Gasteiger partial charge in [0.1, 0.15) is 5.82 Å². The number of nitrogens with zero attached hydrogens (tertiary/aromatic N) is 3. The molecule has 0 saturated heterocycles. The first-order valence-electron chi connectivity index (χ1n) is 7.39. The van der Waals surface area contributed by atoms with Crippen molar-refractivity contribution in [1.82, 2.24) is 14.5 Å². The molecule has 0 bridgehead atoms. The van der Waals surface area contributed by atoms with Crippen LogP contribution in [0.3, 0.4) is 0 Å². The molecule has 1 saturated carbocycles. The summed E-state index contributed by atoms with van der Waals surface area (Å²) in [6.45, 7) is 7.32. The molecule has 21 heavy (non-hydrogen) atoms. The number of hydrogen-bond acceptors (Lipinski definition) is 4. The average Bonchev–Trinajstić information content (AvgIpc) is 2.91. The van der Waals surface area contributed by atoms with E-state index >= 15 is 0 Å². The van der Waals surface area contributed by atoms with E-state index in [1.54, 1.807) is 6.20 Å². The topological polar surface area (TPSA) is 66.0 Å². The summed E-state index contributed by atoms with van der Waals surface area (Å²) in [6, 6.07) is 4.25. The highest BCUT2D eigenvalue weighted by molar-refractivity contribution is 5.62. The number of aromatic nitrogens is 3. The third kappa shape index (κ3) is 2.31. The number of nitrogens with two attached hydrogens (primary N) is 1. The molecular formula is C16H22N4O. The number of imidazole rings is 1. The van der Waals surface area contributed by atoms with Crippen molar-refractivity contribution in [2.45, 2.75) is 39.3 Å². The van der Waals surface area contributed by atoms with Gasteiger partial charge in [-0.2, -0.15) is 0 Å². The van der Waals surface area contributed by atoms with Crippen LogP contribution in [0.15, 0.2) is 30.9 Å². The highest BCUT2D eigenvalue weighted by Crippen LogP contribution is 2.52. The van der Waals surface area contributed by atoms with Gasteiger partial charge in [-0.3, -0.25) is 0 Å². The molecule has 1 fully saturated rings. The normalized spacial score (nSPS) is 23.8. The molecule has 3 rings (SSSR count). The van der Waals surface area contributed by atoms with Gasteiger partial charge >= 0.3 is 0 Å². The quantitative estimate of drug-likeness (QED) is 0.938. The lowest BCUT2D eigenvalue weighted by Gasteiger charge is -2.52. The van der Waals surface area contributed by atoms with Gasteiger partial charge in [0.25, 0.3) is 0 Å². The van der Waals surface area contributed by atoms with Crippen LogP contribution in [0.1, 0.15) is 33.2 Å². The summed E-state index contributed by atoms with van der Waals surface area (Å²) in [5.74, 6) is 0.528. The van der Waals surface area contributed by atoms with Crippen molar-refractivity contribution in [3.63, 3.8) is 0 Å². The van der Waals surface area contributed by atoms with Gasteiger partial charge in [-0.15, -0.1) is 0 Å². The van der Waals surface area contributed by atoms with Crippen LogP contribution < -0.4 is 5.73 Å². The van der Waals surface area contributed by atoms with E-state index in [2.05, 4.69) is 28.4 Å². The fraction of sp³-hybridized carbons (Fsp3) is 0.500. The third-order valence-electron chi connectivity index (χ3n) is 4.57. The van der Waals surface area contributed by atoms with Gasteiger partial charge < -0.3 is 15.0 Å². The molecule has 1 aliphatic rings. The Hall–Kier alpha value is -1.88. The Bertz CT molecular complexity index is 635. The second-order valence-corrected chi connectivity index (χ2v) is 6.17. The van der Waals surface area contributed by atoms with E-state index in [0.717, 1.165) is 24.3 Å². The minimum Gasteiger partial charge on any atom is -0.384 e. The maximum Gasteiger partial charge on any atom is 0.123 e. The van der Waals surface area contributed by atoms with Crippen LogP contribution in [0.5, 0.6) is 0 Å². The molecule has 0 amide bonds. The predicted octanol–water partition coefficient (Wildman–Crippen LogP) is 2.90. The van der Waals surface area contributed by atoms with Gasteiger partial charge in [-0.05, 0) is 25.5 Å². The first-order valence-corrected chi connectivity index (χ1v) is 7.39. The van der Waals surface area contributed by atoms with Crippen LogP contribution >= 0.6 is 0 Å². The van der Waals surface area contributed by atoms with E-state index in [4.69, 9.17) is 10.5 Å². The standard InChI is InChI=1S/C16H22N4O/c1-4-21-14-8-13(16(14,2)3)20-10-18-9-12(20)11-5-6-19-15(17)7-11/h5-7,9-10,13-14H,4,8H2,1-3H3,(H2,17,19). The number of pyridine rings is 1. The lowest BCUT2D eigenvalue weighted by atomic mass is 9.64. The van der Waals surface area contributed by atoms with Gasteiger partial charge in [-0.1, -0.05) is 13.8 Å². The second-order valence-electron chi connectivity index (χ2n) is 6.17. The van der Waals surface area contributed by atoms with E-state index in [-0.39, 0.29) is 5.41 Å². The molecule has 0 spiro atoms. The minimum atomic E-state index is 0.101. The Morgan fingerprint density at radius 1 is 1.48 bits per heavy atom. The average molecular weight is 286 g/mol. The molecule has 1 aliphatic carbocycles. The first kappa shape index (κ1) is 14.1. The fourth-order valence-corrected chi connectivity index (χ4v) is 3.20. The largest absolute Gasteiger partial charge is 0.384 e. The van der Waals surface area contributed by atoms with E-state index in [0.29, 0.717) is 18.0 Å². The van der Waals surface area contributed by atoms with Gasteiger partial charge in [-0.25, -0.2) is 9.97 Å². The molecular weight excluding hydrogens is 264 g/mol. The summed E-state index contributed by atoms with van der Waals surface area (Å²) in [6.07, 6.45) is 6.85. The maximum atomic E-state index is 5.82. The van der Waals surface area contributed by atoms with Crippen molar-refractivity contribution in [2.24, 2.45) is 5.41 Å². The zero-order valence-electron chi connectivity index (χ0n) is 12.8. The number of nitrogen functional groups attached to an aromatic ring is 1. The van der Waals surface area contributed by atoms with Crippen LogP contribution in [0.25, 0.3) is 11.3 Å². The van der Waals surface area contributed by atoms with Crippen molar-refractivity contribution in [1.29, 1.82) is 0 Å². The zero-order valence-corrected chi connectivity index (χ0v) is 12.8. The van der Waals surface area contributed by atoms with Crippen LogP contribution in [-0.2, 0) is 4.74 Å². The summed E-state index contributed by atoms with van der Waals surface area (Å²) in [4.78, 5) is 8.38. The Morgan fingerprint density at radius 2 is 2.29 bits per heavy atom. The van der Waals surface area contributed by atoms with Crippen LogP contribution in [0, 0.1) is 5.41 Å². The Kier molecular flexibility index (Phi) is 3.45. The monoisotopic (exact) mass is 286 g/mol. The van der Waals surface area contributed by atoms with E-state index in [1.807, 2.05) is 31.6 Å². The molecule has 0 aromatic carbocycles. The maximum absolute atomic E-state index is 5.82. The fourth-order valence-electron chi connectivity index (χ4n) is 3.20. The van der Waals surface area contributed by atoms with Crippen molar-refractivity contribution >= 4 is 5.82 Å². The van der Waals surface area contributed by atoms with E-state index < -0.39 is 0 Å². The summed E-state index contributed by atoms with van der Waals surface area (Å²) in [5.41, 5.74) is 8.02. The van der Waals surface area contributed by atoms with Crippen molar-refractivity contribution in [3.05, 3.63) is 30.9 Å². The van der Waals surface area contributed by atoms with Crippen molar-refractivity contribution < 1.29 is 4.74 Å². The Balaban J connectivity index is 1.91. The molecule has 5 heteroatoms. The molecule has 2 atom stereocenters. The van der Waals surface area contributed by atoms with E-state index in [9.17, 15) is 0 Å². The minimum absolute atomic E-state index is 0.101. The molecule has 5 nitrogen and oxygen atoms in total. The number of anilines is 1. The molecule has 2 aromatic rings. The molecule has 0 radical (unpaired) electrons. The Morgan fingerprint density at radius 3 is 2.95 bits per heavy atom. The molecule has 2 aromatic heterocycles. The van der Waals surface area contributed by atoms with Crippen LogP contribution in [-0.4, -0.2) is 27.2 Å². The summed E-state index contributed by atoms with van der Waals surface area (Å²) in [5, 5.41) is 0. The van der Waals surface area contributed by atoms with Crippen molar-refractivity contribution in [2.75, 3.05) is 12.3 Å². The summed E-state index contributed by atoms with van der Waals surface area (Å²) in [7, 11) is 0. The first-order chi connectivity index (χ1) is 10.0. The van der Waals surface area contributed by atoms with E-state index in [1.165, 1.54) is 0 Å². The summed E-state index contributed by atoms with van der Waals surface area (Å²) < 4.78 is 8.06. The summed E-state index contributed by atoms with van der Waals surface area (Å²) >= 11 is 0. The number of rotatable bonds is 4. The van der Waals surface area contributed by atoms with Crippen molar-refractivity contribution in [3.8, 4) is 11.3 Å². The van der Waals surface area contributed by atoms with Gasteiger partial charge in [0.05, 0.1) is 24.3 Å². The molecule has 2 N–H and O–H groups in total. The van der Waals surface area contributed by atoms with Gasteiger partial charge in [0, 0.05) is 29.8 Å². The molecule has 2 unspecified atom stereocenters. The third-order valence-corrected chi connectivity index (χ3v) is 4.57. The van der Waals surface area contributed by atoms with Gasteiger partial charge in [0.2, 0.25) is 0 Å². The lowest BCUT2D eigenvalue weighted by Crippen LogP contribution is -2.51. The second kappa shape index (κ2) is 5.15. The lowest BCUT2D eigenvalue weighted by molar-refractivity contribution is -0.127. The smallest absolute Gasteiger partial charge is 0.123 e. The molecule has 0 aliphatic heterocycles. The van der Waals surface area contributed by atoms with Gasteiger partial charge in [0.15, 0.2) is 0 Å². The van der Waals surface area contributed by atoms with Crippen LogP contribution in [0.2, 0.25) is 0 Å². The number of hydrogen-bond donors (Lipinski definition) is 1. The highest BCUT2D eigenvalue weighted by atomic mass is 16.5. The SMILES string of the molecule is CCOC1CC(n2cncc2-c2ccnc(N)c2)C1(C)C. The zero-order chi connectivity index (χ0) is 15.0. The highest BCUT2D eigenvalue weighted by Gasteiger charge is 2.50. The molecule has 112 valence electrons. The predicted molar refractivity (Wildman–Crippen MR) is 82.7 cm³/mol.